The summed E-state index contributed by atoms with van der Waals surface area (Å²) in [5, 5.41) is 4.08. The molecule has 5 atom stereocenters. The van der Waals surface area contributed by atoms with E-state index in [1.54, 1.807) is 0 Å². The summed E-state index contributed by atoms with van der Waals surface area (Å²) in [6.07, 6.45) is 5.91. The molecule has 0 bridgehead atoms. The molecule has 1 rings (SSSR count). The fraction of sp³-hybridized carbons (Fsp3) is 1.00. The topological polar surface area (TPSA) is 29.1 Å². The van der Waals surface area contributed by atoms with Gasteiger partial charge in [0.15, 0.2) is 0 Å². The number of rotatable bonds is 5. The van der Waals surface area contributed by atoms with Crippen LogP contribution in [0.25, 0.3) is 0 Å². The van der Waals surface area contributed by atoms with Gasteiger partial charge in [0.05, 0.1) is 5.25 Å². The van der Waals surface area contributed by atoms with Crippen molar-refractivity contribution in [2.45, 2.75) is 69.4 Å². The third-order valence-electron chi connectivity index (χ3n) is 4.12. The van der Waals surface area contributed by atoms with Gasteiger partial charge in [-0.2, -0.15) is 0 Å². The van der Waals surface area contributed by atoms with Gasteiger partial charge in [-0.1, -0.05) is 27.2 Å². The van der Waals surface area contributed by atoms with Crippen LogP contribution in [-0.2, 0) is 10.8 Å². The highest BCUT2D eigenvalue weighted by Gasteiger charge is 2.34. The molecule has 0 saturated heterocycles. The quantitative estimate of drug-likeness (QED) is 0.807. The molecule has 0 heterocycles. The van der Waals surface area contributed by atoms with Crippen molar-refractivity contribution in [3.8, 4) is 0 Å². The van der Waals surface area contributed by atoms with Gasteiger partial charge < -0.3 is 5.32 Å². The molecule has 5 unspecified atom stereocenters. The van der Waals surface area contributed by atoms with Crippen molar-refractivity contribution >= 4 is 10.8 Å². The maximum Gasteiger partial charge on any atom is 0.0506 e. The zero-order chi connectivity index (χ0) is 12.1. The fourth-order valence-electron chi connectivity index (χ4n) is 2.63. The fourth-order valence-corrected chi connectivity index (χ4v) is 4.62. The third-order valence-corrected chi connectivity index (χ3v) is 6.36. The van der Waals surface area contributed by atoms with E-state index in [-0.39, 0.29) is 0 Å². The summed E-state index contributed by atoms with van der Waals surface area (Å²) >= 11 is 0. The van der Waals surface area contributed by atoms with Gasteiger partial charge in [-0.15, -0.1) is 0 Å². The van der Waals surface area contributed by atoms with Crippen LogP contribution in [0.5, 0.6) is 0 Å². The van der Waals surface area contributed by atoms with Gasteiger partial charge in [-0.3, -0.25) is 4.21 Å². The summed E-state index contributed by atoms with van der Waals surface area (Å²) in [7, 11) is 1.35. The Balaban J connectivity index is 2.67. The van der Waals surface area contributed by atoms with Crippen molar-refractivity contribution in [1.82, 2.24) is 5.32 Å². The van der Waals surface area contributed by atoms with Crippen molar-refractivity contribution in [3.05, 3.63) is 0 Å². The molecule has 2 nitrogen and oxygen atoms in total. The highest BCUT2D eigenvalue weighted by atomic mass is 32.2. The minimum Gasteiger partial charge on any atom is -0.316 e. The van der Waals surface area contributed by atoms with Crippen LogP contribution in [-0.4, -0.2) is 27.8 Å². The Hall–Kier alpha value is 0.110. The minimum atomic E-state index is -0.666. The van der Waals surface area contributed by atoms with Crippen LogP contribution < -0.4 is 5.32 Å². The average Bonchev–Trinajstić information content (AvgIpc) is 2.35. The maximum atomic E-state index is 12.4. The standard InChI is InChI=1S/C13H27NOS/c1-5-10(3)16(15)13-9-11(6-2)7-8-12(13)14-4/h10-14H,5-9H2,1-4H3. The van der Waals surface area contributed by atoms with Gasteiger partial charge in [-0.05, 0) is 38.6 Å². The van der Waals surface area contributed by atoms with Crippen LogP contribution in [0.3, 0.4) is 0 Å². The average molecular weight is 245 g/mol. The Kier molecular flexibility index (Phi) is 5.98. The van der Waals surface area contributed by atoms with E-state index in [1.807, 2.05) is 7.05 Å². The first-order valence-corrected chi connectivity index (χ1v) is 7.98. The van der Waals surface area contributed by atoms with Gasteiger partial charge in [0.25, 0.3) is 0 Å². The molecule has 1 aliphatic rings. The molecule has 1 aliphatic carbocycles. The van der Waals surface area contributed by atoms with Crippen molar-refractivity contribution in [2.24, 2.45) is 5.92 Å². The van der Waals surface area contributed by atoms with Crippen molar-refractivity contribution in [2.75, 3.05) is 7.05 Å². The van der Waals surface area contributed by atoms with Crippen LogP contribution in [0.2, 0.25) is 0 Å². The Morgan fingerprint density at radius 2 is 2.06 bits per heavy atom. The Morgan fingerprint density at radius 3 is 2.56 bits per heavy atom. The van der Waals surface area contributed by atoms with E-state index in [2.05, 4.69) is 26.1 Å². The van der Waals surface area contributed by atoms with Crippen LogP contribution in [0.1, 0.15) is 52.9 Å². The van der Waals surface area contributed by atoms with Crippen molar-refractivity contribution in [3.63, 3.8) is 0 Å². The second-order valence-corrected chi connectivity index (χ2v) is 7.14. The first-order chi connectivity index (χ1) is 7.63. The Labute approximate surface area is 103 Å². The summed E-state index contributed by atoms with van der Waals surface area (Å²) in [4.78, 5) is 0. The summed E-state index contributed by atoms with van der Waals surface area (Å²) in [6, 6.07) is 0.470. The zero-order valence-corrected chi connectivity index (χ0v) is 12.0. The van der Waals surface area contributed by atoms with Gasteiger partial charge in [0.1, 0.15) is 0 Å². The molecule has 0 aliphatic heterocycles. The zero-order valence-electron chi connectivity index (χ0n) is 11.2. The van der Waals surface area contributed by atoms with E-state index in [9.17, 15) is 4.21 Å². The van der Waals surface area contributed by atoms with Crippen molar-refractivity contribution < 1.29 is 4.21 Å². The molecule has 1 N–H and O–H groups in total. The summed E-state index contributed by atoms with van der Waals surface area (Å²) in [6.45, 7) is 6.52. The van der Waals surface area contributed by atoms with Crippen LogP contribution >= 0.6 is 0 Å². The lowest BCUT2D eigenvalue weighted by molar-refractivity contribution is 0.300. The van der Waals surface area contributed by atoms with E-state index in [0.29, 0.717) is 16.5 Å². The van der Waals surface area contributed by atoms with E-state index < -0.39 is 10.8 Å². The first kappa shape index (κ1) is 14.2. The van der Waals surface area contributed by atoms with E-state index in [4.69, 9.17) is 0 Å². The molecule has 0 radical (unpaired) electrons. The van der Waals surface area contributed by atoms with E-state index in [1.165, 1.54) is 19.3 Å². The molecular formula is C13H27NOS. The van der Waals surface area contributed by atoms with E-state index in [0.717, 1.165) is 18.8 Å². The molecule has 96 valence electrons. The van der Waals surface area contributed by atoms with Gasteiger partial charge >= 0.3 is 0 Å². The highest BCUT2D eigenvalue weighted by molar-refractivity contribution is 7.86. The number of hydrogen-bond acceptors (Lipinski definition) is 2. The van der Waals surface area contributed by atoms with E-state index >= 15 is 0 Å². The highest BCUT2D eigenvalue weighted by Crippen LogP contribution is 2.31. The number of hydrogen-bond donors (Lipinski definition) is 1. The van der Waals surface area contributed by atoms with Gasteiger partial charge in [0, 0.05) is 22.1 Å². The molecule has 0 aromatic heterocycles. The summed E-state index contributed by atoms with van der Waals surface area (Å²) in [5.41, 5.74) is 0. The second kappa shape index (κ2) is 6.75. The predicted octanol–water partition coefficient (Wildman–Crippen LogP) is 2.70. The summed E-state index contributed by atoms with van der Waals surface area (Å²) in [5.74, 6) is 0.794. The summed E-state index contributed by atoms with van der Waals surface area (Å²) < 4.78 is 12.4. The van der Waals surface area contributed by atoms with Gasteiger partial charge in [0.2, 0.25) is 0 Å². The molecule has 1 fully saturated rings. The Morgan fingerprint density at radius 1 is 1.38 bits per heavy atom. The third kappa shape index (κ3) is 3.30. The molecule has 0 amide bonds. The monoisotopic (exact) mass is 245 g/mol. The van der Waals surface area contributed by atoms with Crippen LogP contribution in [0.4, 0.5) is 0 Å². The molecule has 16 heavy (non-hydrogen) atoms. The lowest BCUT2D eigenvalue weighted by Gasteiger charge is -2.36. The number of nitrogens with one attached hydrogen (secondary N) is 1. The molecular weight excluding hydrogens is 218 g/mol. The van der Waals surface area contributed by atoms with Crippen molar-refractivity contribution in [1.29, 1.82) is 0 Å². The lowest BCUT2D eigenvalue weighted by Crippen LogP contribution is -2.46. The SMILES string of the molecule is CCC1CCC(NC)C(S(=O)C(C)CC)C1. The lowest BCUT2D eigenvalue weighted by atomic mass is 9.84. The predicted molar refractivity (Wildman–Crippen MR) is 72.2 cm³/mol. The maximum absolute atomic E-state index is 12.4. The molecule has 0 aromatic rings. The second-order valence-electron chi connectivity index (χ2n) is 5.07. The van der Waals surface area contributed by atoms with Gasteiger partial charge in [-0.25, -0.2) is 0 Å². The molecule has 0 spiro atoms. The minimum absolute atomic E-state index is 0.344. The molecule has 1 saturated carbocycles. The normalized spacial score (nSPS) is 34.6. The van der Waals surface area contributed by atoms with Crippen LogP contribution in [0.15, 0.2) is 0 Å². The first-order valence-electron chi connectivity index (χ1n) is 6.70. The Bertz CT molecular complexity index is 232. The smallest absolute Gasteiger partial charge is 0.0506 e. The largest absolute Gasteiger partial charge is 0.316 e. The van der Waals surface area contributed by atoms with Crippen LogP contribution in [0, 0.1) is 5.92 Å². The molecule has 0 aromatic carbocycles. The molecule has 3 heteroatoms.